The van der Waals surface area contributed by atoms with Gasteiger partial charge in [0.2, 0.25) is 10.0 Å². The third kappa shape index (κ3) is 4.40. The Morgan fingerprint density at radius 2 is 1.76 bits per heavy atom. The Bertz CT molecular complexity index is 1050. The zero-order valence-corrected chi connectivity index (χ0v) is 16.9. The Morgan fingerprint density at radius 1 is 1.07 bits per heavy atom. The van der Waals surface area contributed by atoms with Crippen LogP contribution in [-0.4, -0.2) is 48.0 Å². The zero-order valence-electron chi connectivity index (χ0n) is 16.1. The molecule has 2 aliphatic rings. The number of aromatic nitrogens is 2. The molecule has 2 aromatic rings. The van der Waals surface area contributed by atoms with E-state index in [-0.39, 0.29) is 29.5 Å². The minimum Gasteiger partial charge on any atom is -0.350 e. The summed E-state index contributed by atoms with van der Waals surface area (Å²) >= 11 is 0. The molecule has 1 N–H and O–H groups in total. The molecular weight excluding hydrogens is 392 g/mol. The van der Waals surface area contributed by atoms with Crippen molar-refractivity contribution in [3.63, 3.8) is 0 Å². The highest BCUT2D eigenvalue weighted by molar-refractivity contribution is 7.89. The first-order chi connectivity index (χ1) is 13.9. The van der Waals surface area contributed by atoms with Gasteiger partial charge in [0.05, 0.1) is 17.1 Å². The summed E-state index contributed by atoms with van der Waals surface area (Å²) in [4.78, 5) is 24.5. The van der Waals surface area contributed by atoms with Crippen LogP contribution in [0.1, 0.15) is 47.7 Å². The monoisotopic (exact) mass is 416 g/mol. The van der Waals surface area contributed by atoms with E-state index < -0.39 is 10.0 Å². The van der Waals surface area contributed by atoms with Crippen molar-refractivity contribution in [1.29, 1.82) is 0 Å². The van der Waals surface area contributed by atoms with E-state index in [1.54, 1.807) is 6.07 Å². The SMILES string of the molecule is O=C(NCCn1nc(C2CC2)ccc1=O)c1ccc(S(=O)(=O)N2CCCC2)cc1. The summed E-state index contributed by atoms with van der Waals surface area (Å²) in [6, 6.07) is 9.24. The molecule has 0 spiro atoms. The fourth-order valence-corrected chi connectivity index (χ4v) is 4.97. The van der Waals surface area contributed by atoms with E-state index in [0.717, 1.165) is 31.4 Å². The van der Waals surface area contributed by atoms with Crippen LogP contribution < -0.4 is 10.9 Å². The zero-order chi connectivity index (χ0) is 20.4. The molecule has 0 bridgehead atoms. The summed E-state index contributed by atoms with van der Waals surface area (Å²) in [6.07, 6.45) is 3.96. The van der Waals surface area contributed by atoms with Gasteiger partial charge in [-0.05, 0) is 56.0 Å². The van der Waals surface area contributed by atoms with Gasteiger partial charge in [0.15, 0.2) is 0 Å². The van der Waals surface area contributed by atoms with Crippen LogP contribution in [0.5, 0.6) is 0 Å². The number of amides is 1. The largest absolute Gasteiger partial charge is 0.350 e. The van der Waals surface area contributed by atoms with E-state index in [9.17, 15) is 18.0 Å². The number of hydrogen-bond acceptors (Lipinski definition) is 5. The van der Waals surface area contributed by atoms with E-state index in [2.05, 4.69) is 10.4 Å². The fraction of sp³-hybridized carbons (Fsp3) is 0.450. The summed E-state index contributed by atoms with van der Waals surface area (Å²) in [5.41, 5.74) is 1.10. The number of nitrogens with one attached hydrogen (secondary N) is 1. The molecule has 4 rings (SSSR count). The van der Waals surface area contributed by atoms with E-state index in [1.807, 2.05) is 0 Å². The lowest BCUT2D eigenvalue weighted by molar-refractivity contribution is 0.0951. The summed E-state index contributed by atoms with van der Waals surface area (Å²) in [5, 5.41) is 7.12. The molecule has 1 saturated heterocycles. The van der Waals surface area contributed by atoms with Crippen LogP contribution in [0.25, 0.3) is 0 Å². The minimum absolute atomic E-state index is 0.194. The van der Waals surface area contributed by atoms with Crippen molar-refractivity contribution >= 4 is 15.9 Å². The maximum atomic E-state index is 12.5. The van der Waals surface area contributed by atoms with Crippen LogP contribution in [0.15, 0.2) is 46.1 Å². The Morgan fingerprint density at radius 3 is 2.41 bits per heavy atom. The van der Waals surface area contributed by atoms with Gasteiger partial charge in [0.1, 0.15) is 0 Å². The second kappa shape index (κ2) is 8.08. The molecule has 1 amide bonds. The van der Waals surface area contributed by atoms with Crippen molar-refractivity contribution in [1.82, 2.24) is 19.4 Å². The van der Waals surface area contributed by atoms with Gasteiger partial charge in [-0.3, -0.25) is 9.59 Å². The van der Waals surface area contributed by atoms with Gasteiger partial charge < -0.3 is 5.32 Å². The number of nitrogens with zero attached hydrogens (tertiary/aromatic N) is 3. The predicted octanol–water partition coefficient (Wildman–Crippen LogP) is 1.34. The van der Waals surface area contributed by atoms with Crippen molar-refractivity contribution < 1.29 is 13.2 Å². The van der Waals surface area contributed by atoms with Crippen LogP contribution in [0.4, 0.5) is 0 Å². The molecule has 29 heavy (non-hydrogen) atoms. The molecule has 0 atom stereocenters. The third-order valence-electron chi connectivity index (χ3n) is 5.31. The van der Waals surface area contributed by atoms with Crippen LogP contribution in [0, 0.1) is 0 Å². The predicted molar refractivity (Wildman–Crippen MR) is 107 cm³/mol. The number of rotatable bonds is 7. The highest BCUT2D eigenvalue weighted by Crippen LogP contribution is 2.38. The van der Waals surface area contributed by atoms with Crippen molar-refractivity contribution in [3.05, 3.63) is 58.0 Å². The lowest BCUT2D eigenvalue weighted by Crippen LogP contribution is -2.32. The first-order valence-corrected chi connectivity index (χ1v) is 11.4. The lowest BCUT2D eigenvalue weighted by Gasteiger charge is -2.15. The average Bonchev–Trinajstić information content (AvgIpc) is 3.42. The molecule has 1 aromatic carbocycles. The van der Waals surface area contributed by atoms with Gasteiger partial charge in [-0.2, -0.15) is 9.40 Å². The van der Waals surface area contributed by atoms with Crippen molar-refractivity contribution in [3.8, 4) is 0 Å². The molecular formula is C20H24N4O4S. The summed E-state index contributed by atoms with van der Waals surface area (Å²) in [6.45, 7) is 1.63. The Balaban J connectivity index is 1.35. The number of carbonyl (C=O) groups is 1. The highest BCUT2D eigenvalue weighted by Gasteiger charge is 2.27. The number of carbonyl (C=O) groups excluding carboxylic acids is 1. The Hall–Kier alpha value is -2.52. The molecule has 1 saturated carbocycles. The van der Waals surface area contributed by atoms with E-state index >= 15 is 0 Å². The highest BCUT2D eigenvalue weighted by atomic mass is 32.2. The normalized spacial score (nSPS) is 17.4. The fourth-order valence-electron chi connectivity index (χ4n) is 3.45. The topological polar surface area (TPSA) is 101 Å². The van der Waals surface area contributed by atoms with Gasteiger partial charge in [0, 0.05) is 37.2 Å². The van der Waals surface area contributed by atoms with Gasteiger partial charge in [-0.25, -0.2) is 13.1 Å². The van der Waals surface area contributed by atoms with Crippen LogP contribution in [0.3, 0.4) is 0 Å². The maximum Gasteiger partial charge on any atom is 0.266 e. The van der Waals surface area contributed by atoms with Gasteiger partial charge in [-0.15, -0.1) is 0 Å². The standard InChI is InChI=1S/C20H24N4O4S/c25-19-10-9-18(15-3-4-15)22-24(19)14-11-21-20(26)16-5-7-17(8-6-16)29(27,28)23-12-1-2-13-23/h5-10,15H,1-4,11-14H2,(H,21,26). The summed E-state index contributed by atoms with van der Waals surface area (Å²) < 4.78 is 27.9. The van der Waals surface area contributed by atoms with Gasteiger partial charge in [-0.1, -0.05) is 0 Å². The molecule has 2 heterocycles. The minimum atomic E-state index is -3.49. The lowest BCUT2D eigenvalue weighted by atomic mass is 10.2. The second-order valence-corrected chi connectivity index (χ2v) is 9.42. The number of sulfonamides is 1. The molecule has 154 valence electrons. The molecule has 8 nitrogen and oxygen atoms in total. The van der Waals surface area contributed by atoms with Crippen LogP contribution in [0.2, 0.25) is 0 Å². The number of benzene rings is 1. The van der Waals surface area contributed by atoms with Gasteiger partial charge >= 0.3 is 0 Å². The molecule has 1 aromatic heterocycles. The molecule has 1 aliphatic heterocycles. The third-order valence-corrected chi connectivity index (χ3v) is 7.22. The van der Waals surface area contributed by atoms with Crippen LogP contribution in [-0.2, 0) is 16.6 Å². The van der Waals surface area contributed by atoms with E-state index in [1.165, 1.54) is 39.3 Å². The first kappa shape index (κ1) is 19.8. The molecule has 0 unspecified atom stereocenters. The second-order valence-electron chi connectivity index (χ2n) is 7.49. The van der Waals surface area contributed by atoms with E-state index in [4.69, 9.17) is 0 Å². The van der Waals surface area contributed by atoms with Crippen molar-refractivity contribution in [2.75, 3.05) is 19.6 Å². The summed E-state index contributed by atoms with van der Waals surface area (Å²) in [7, 11) is -3.49. The molecule has 1 aliphatic carbocycles. The first-order valence-electron chi connectivity index (χ1n) is 9.91. The molecule has 9 heteroatoms. The Kier molecular flexibility index (Phi) is 5.51. The maximum absolute atomic E-state index is 12.5. The average molecular weight is 417 g/mol. The number of hydrogen-bond donors (Lipinski definition) is 1. The van der Waals surface area contributed by atoms with Crippen LogP contribution >= 0.6 is 0 Å². The smallest absolute Gasteiger partial charge is 0.266 e. The quantitative estimate of drug-likeness (QED) is 0.734. The van der Waals surface area contributed by atoms with Gasteiger partial charge in [0.25, 0.3) is 11.5 Å². The Labute approximate surface area is 169 Å². The van der Waals surface area contributed by atoms with Crippen molar-refractivity contribution in [2.24, 2.45) is 0 Å². The summed E-state index contributed by atoms with van der Waals surface area (Å²) in [5.74, 6) is 0.133. The molecule has 0 radical (unpaired) electrons. The van der Waals surface area contributed by atoms with Crippen molar-refractivity contribution in [2.45, 2.75) is 43.0 Å². The van der Waals surface area contributed by atoms with E-state index in [0.29, 0.717) is 24.6 Å². The molecule has 2 fully saturated rings.